The molecule has 2 aromatic heterocycles. The van der Waals surface area contributed by atoms with Crippen molar-refractivity contribution in [3.63, 3.8) is 0 Å². The van der Waals surface area contributed by atoms with Gasteiger partial charge in [-0.05, 0) is 6.92 Å². The number of fused-ring (bicyclic) bond motifs is 1. The summed E-state index contributed by atoms with van der Waals surface area (Å²) in [7, 11) is 0. The molecule has 9 nitrogen and oxygen atoms in total. The lowest BCUT2D eigenvalue weighted by Crippen LogP contribution is -2.39. The lowest BCUT2D eigenvalue weighted by atomic mass is 10.0. The maximum absolute atomic E-state index is 10.2. The Morgan fingerprint density at radius 1 is 1.57 bits per heavy atom. The molecule has 3 heterocycles. The van der Waals surface area contributed by atoms with Gasteiger partial charge in [0, 0.05) is 11.8 Å². The first-order chi connectivity index (χ1) is 10.9. The molecule has 1 saturated heterocycles. The summed E-state index contributed by atoms with van der Waals surface area (Å²) in [5.74, 6) is 0.206. The van der Waals surface area contributed by atoms with E-state index >= 15 is 0 Å². The number of halogens is 1. The van der Waals surface area contributed by atoms with Crippen LogP contribution in [0, 0.1) is 0 Å². The van der Waals surface area contributed by atoms with Crippen molar-refractivity contribution in [1.29, 1.82) is 0 Å². The molecule has 2 aromatic rings. The second-order valence-corrected chi connectivity index (χ2v) is 6.31. The highest BCUT2D eigenvalue weighted by atomic mass is 35.5. The molecule has 0 aromatic carbocycles. The third-order valence-corrected chi connectivity index (χ3v) is 4.42. The number of oxime groups is 1. The third-order valence-electron chi connectivity index (χ3n) is 4.01. The van der Waals surface area contributed by atoms with Crippen LogP contribution in [0.1, 0.15) is 18.7 Å². The highest BCUT2D eigenvalue weighted by molar-refractivity contribution is 6.24. The topological polar surface area (TPSA) is 139 Å². The molecule has 0 radical (unpaired) electrons. The average Bonchev–Trinajstić information content (AvgIpc) is 2.97. The first-order valence-electron chi connectivity index (χ1n) is 6.83. The molecule has 0 bridgehead atoms. The van der Waals surface area contributed by atoms with Crippen molar-refractivity contribution < 1.29 is 20.2 Å². The van der Waals surface area contributed by atoms with E-state index in [2.05, 4.69) is 15.1 Å². The van der Waals surface area contributed by atoms with Crippen LogP contribution < -0.4 is 5.73 Å². The zero-order valence-corrected chi connectivity index (χ0v) is 12.9. The standard InChI is InChI=1S/C13H16ClN5O4/c1-13(14)9(21)7(4-20)23-12(13)19-3-6(2-18-22)8-10(15)16-5-17-11(8)19/h2-3,5,7,9,12,20-22H,4H2,1H3,(H2,15,16,17)/b18-2+/t7-,9-,12-,13-/m1/s1. The van der Waals surface area contributed by atoms with Gasteiger partial charge < -0.3 is 30.5 Å². The summed E-state index contributed by atoms with van der Waals surface area (Å²) in [6.45, 7) is 1.23. The van der Waals surface area contributed by atoms with Crippen LogP contribution >= 0.6 is 11.6 Å². The number of aromatic nitrogens is 3. The van der Waals surface area contributed by atoms with Crippen molar-refractivity contribution in [1.82, 2.24) is 14.5 Å². The fourth-order valence-corrected chi connectivity index (χ4v) is 3.14. The normalized spacial score (nSPS) is 31.4. The number of ether oxygens (including phenoxy) is 1. The van der Waals surface area contributed by atoms with Crippen LogP contribution in [-0.4, -0.2) is 59.9 Å². The van der Waals surface area contributed by atoms with Gasteiger partial charge in [0.15, 0.2) is 6.23 Å². The van der Waals surface area contributed by atoms with E-state index in [0.717, 1.165) is 0 Å². The summed E-state index contributed by atoms with van der Waals surface area (Å²) in [6, 6.07) is 0. The van der Waals surface area contributed by atoms with Gasteiger partial charge in [-0.25, -0.2) is 9.97 Å². The van der Waals surface area contributed by atoms with E-state index in [1.54, 1.807) is 17.7 Å². The van der Waals surface area contributed by atoms with Crippen molar-refractivity contribution in [2.24, 2.45) is 5.16 Å². The molecule has 23 heavy (non-hydrogen) atoms. The minimum absolute atomic E-state index is 0.206. The lowest BCUT2D eigenvalue weighted by molar-refractivity contribution is -0.0439. The summed E-state index contributed by atoms with van der Waals surface area (Å²) < 4.78 is 7.27. The molecule has 124 valence electrons. The number of anilines is 1. The Hall–Kier alpha value is -1.94. The summed E-state index contributed by atoms with van der Waals surface area (Å²) >= 11 is 6.45. The maximum Gasteiger partial charge on any atom is 0.157 e. The van der Waals surface area contributed by atoms with Crippen molar-refractivity contribution in [3.05, 3.63) is 18.1 Å². The Kier molecular flexibility index (Phi) is 3.88. The minimum atomic E-state index is -1.20. The number of alkyl halides is 1. The largest absolute Gasteiger partial charge is 0.411 e. The summed E-state index contributed by atoms with van der Waals surface area (Å²) in [5.41, 5.74) is 6.76. The van der Waals surface area contributed by atoms with Crippen molar-refractivity contribution in [3.8, 4) is 0 Å². The highest BCUT2D eigenvalue weighted by Crippen LogP contribution is 2.44. The molecule has 4 atom stereocenters. The number of nitrogens with zero attached hydrogens (tertiary/aromatic N) is 4. The SMILES string of the molecule is C[C@@]1(Cl)[C@H](O)[C@@H](CO)O[C@H]1n1cc(/C=N/O)c2c(N)ncnc21. The molecule has 0 unspecified atom stereocenters. The number of aliphatic hydroxyl groups excluding tert-OH is 2. The van der Waals surface area contributed by atoms with E-state index < -0.39 is 23.3 Å². The zero-order valence-electron chi connectivity index (χ0n) is 12.2. The first-order valence-corrected chi connectivity index (χ1v) is 7.21. The fourth-order valence-electron chi connectivity index (χ4n) is 2.84. The second kappa shape index (κ2) is 5.60. The number of nitrogens with two attached hydrogens (primary N) is 1. The fraction of sp³-hybridized carbons (Fsp3) is 0.462. The van der Waals surface area contributed by atoms with Crippen molar-refractivity contribution in [2.45, 2.75) is 30.2 Å². The van der Waals surface area contributed by atoms with E-state index in [1.165, 1.54) is 12.5 Å². The Morgan fingerprint density at radius 2 is 2.30 bits per heavy atom. The number of hydrogen-bond acceptors (Lipinski definition) is 8. The molecule has 0 amide bonds. The van der Waals surface area contributed by atoms with Gasteiger partial charge in [-0.15, -0.1) is 11.6 Å². The quantitative estimate of drug-likeness (QED) is 0.268. The smallest absolute Gasteiger partial charge is 0.157 e. The highest BCUT2D eigenvalue weighted by Gasteiger charge is 2.53. The monoisotopic (exact) mass is 341 g/mol. The van der Waals surface area contributed by atoms with Crippen LogP contribution in [0.25, 0.3) is 11.0 Å². The molecule has 1 fully saturated rings. The molecule has 0 spiro atoms. The second-order valence-electron chi connectivity index (χ2n) is 5.50. The van der Waals surface area contributed by atoms with E-state index in [0.29, 0.717) is 16.6 Å². The van der Waals surface area contributed by atoms with Crippen LogP contribution in [0.15, 0.2) is 17.7 Å². The molecule has 1 aliphatic rings. The minimum Gasteiger partial charge on any atom is -0.411 e. The van der Waals surface area contributed by atoms with Crippen molar-refractivity contribution in [2.75, 3.05) is 12.3 Å². The summed E-state index contributed by atoms with van der Waals surface area (Å²) in [5, 5.41) is 31.9. The van der Waals surface area contributed by atoms with Gasteiger partial charge in [-0.1, -0.05) is 5.16 Å². The van der Waals surface area contributed by atoms with Gasteiger partial charge in [-0.3, -0.25) is 0 Å². The Balaban J connectivity index is 2.19. The number of rotatable bonds is 3. The Morgan fingerprint density at radius 3 is 2.91 bits per heavy atom. The van der Waals surface area contributed by atoms with Crippen LogP contribution in [0.3, 0.4) is 0 Å². The Bertz CT molecular complexity index is 762. The molecule has 1 aliphatic heterocycles. The predicted molar refractivity (Wildman–Crippen MR) is 82.6 cm³/mol. The van der Waals surface area contributed by atoms with Gasteiger partial charge in [-0.2, -0.15) is 0 Å². The van der Waals surface area contributed by atoms with Crippen LogP contribution in [0.2, 0.25) is 0 Å². The molecular weight excluding hydrogens is 326 g/mol. The molecule has 5 N–H and O–H groups in total. The molecule has 10 heteroatoms. The molecule has 0 saturated carbocycles. The average molecular weight is 342 g/mol. The number of aliphatic hydroxyl groups is 2. The van der Waals surface area contributed by atoms with E-state index in [1.807, 2.05) is 0 Å². The van der Waals surface area contributed by atoms with E-state index in [4.69, 9.17) is 27.3 Å². The van der Waals surface area contributed by atoms with Gasteiger partial charge in [0.05, 0.1) is 18.2 Å². The van der Waals surface area contributed by atoms with Crippen LogP contribution in [0.5, 0.6) is 0 Å². The molecule has 0 aliphatic carbocycles. The van der Waals surface area contributed by atoms with Gasteiger partial charge >= 0.3 is 0 Å². The predicted octanol–water partition coefficient (Wildman–Crippen LogP) is 0.0697. The van der Waals surface area contributed by atoms with Gasteiger partial charge in [0.2, 0.25) is 0 Å². The summed E-state index contributed by atoms with van der Waals surface area (Å²) in [6.07, 6.45) is 1.36. The zero-order chi connectivity index (χ0) is 16.8. The van der Waals surface area contributed by atoms with Gasteiger partial charge in [0.25, 0.3) is 0 Å². The third kappa shape index (κ3) is 2.32. The Labute approximate surface area is 136 Å². The molecule has 3 rings (SSSR count). The van der Waals surface area contributed by atoms with E-state index in [9.17, 15) is 10.2 Å². The van der Waals surface area contributed by atoms with Crippen molar-refractivity contribution >= 4 is 34.7 Å². The first kappa shape index (κ1) is 15.9. The van der Waals surface area contributed by atoms with Crippen LogP contribution in [-0.2, 0) is 4.74 Å². The number of hydrogen-bond donors (Lipinski definition) is 4. The van der Waals surface area contributed by atoms with E-state index in [-0.39, 0.29) is 12.4 Å². The lowest BCUT2D eigenvalue weighted by Gasteiger charge is -2.26. The number of nitrogen functional groups attached to an aromatic ring is 1. The van der Waals surface area contributed by atoms with Crippen LogP contribution in [0.4, 0.5) is 5.82 Å². The molecular formula is C13H16ClN5O4. The maximum atomic E-state index is 10.2. The summed E-state index contributed by atoms with van der Waals surface area (Å²) in [4.78, 5) is 6.89. The van der Waals surface area contributed by atoms with Gasteiger partial charge in [0.1, 0.15) is 34.9 Å².